The predicted octanol–water partition coefficient (Wildman–Crippen LogP) is -2.38. The fraction of sp³-hybridized carbons (Fsp3) is 0.833. The van der Waals surface area contributed by atoms with Gasteiger partial charge in [0.25, 0.3) is 5.97 Å². The molecule has 0 amide bonds. The van der Waals surface area contributed by atoms with Crippen LogP contribution in [0.4, 0.5) is 0 Å². The average Bonchev–Trinajstić information content (AvgIpc) is 1.88. The maximum absolute atomic E-state index is 10.1. The number of nitrogens with one attached hydrogen (secondary N) is 1. The SMILES string of the molecule is [Li+].[NH-][C@@H](CCCCN)C(=O)O. The van der Waals surface area contributed by atoms with Gasteiger partial charge in [0, 0.05) is 0 Å². The van der Waals surface area contributed by atoms with E-state index in [1.165, 1.54) is 0 Å². The van der Waals surface area contributed by atoms with Crippen LogP contribution < -0.4 is 24.6 Å². The molecule has 0 fully saturated rings. The van der Waals surface area contributed by atoms with E-state index in [1.807, 2.05) is 0 Å². The van der Waals surface area contributed by atoms with E-state index in [4.69, 9.17) is 16.6 Å². The molecule has 0 rings (SSSR count). The molecule has 0 aromatic rings. The smallest absolute Gasteiger partial charge is 0.665 e. The van der Waals surface area contributed by atoms with Gasteiger partial charge in [0.05, 0.1) is 0 Å². The summed E-state index contributed by atoms with van der Waals surface area (Å²) in [4.78, 5) is 10.1. The zero-order valence-corrected chi connectivity index (χ0v) is 6.84. The van der Waals surface area contributed by atoms with Crippen molar-refractivity contribution in [3.05, 3.63) is 5.73 Å². The van der Waals surface area contributed by atoms with Gasteiger partial charge in [-0.3, -0.25) is 4.79 Å². The number of rotatable bonds is 5. The van der Waals surface area contributed by atoms with E-state index in [-0.39, 0.29) is 18.9 Å². The third-order valence-electron chi connectivity index (χ3n) is 1.25. The summed E-state index contributed by atoms with van der Waals surface area (Å²) in [5.74, 6) is -1.04. The summed E-state index contributed by atoms with van der Waals surface area (Å²) in [7, 11) is 0. The van der Waals surface area contributed by atoms with Crippen LogP contribution in [0.5, 0.6) is 0 Å². The Bertz CT molecular complexity index is 111. The van der Waals surface area contributed by atoms with Crippen LogP contribution in [0, 0.1) is 0 Å². The van der Waals surface area contributed by atoms with E-state index < -0.39 is 12.0 Å². The van der Waals surface area contributed by atoms with Gasteiger partial charge in [-0.15, -0.1) is 0 Å². The first kappa shape index (κ1) is 13.6. The molecule has 60 valence electrons. The van der Waals surface area contributed by atoms with E-state index in [2.05, 4.69) is 0 Å². The fourth-order valence-electron chi connectivity index (χ4n) is 0.616. The van der Waals surface area contributed by atoms with Gasteiger partial charge in [-0.05, 0) is 19.0 Å². The van der Waals surface area contributed by atoms with Gasteiger partial charge >= 0.3 is 18.9 Å². The van der Waals surface area contributed by atoms with Crippen LogP contribution in [-0.4, -0.2) is 23.7 Å². The predicted molar refractivity (Wildman–Crippen MR) is 38.7 cm³/mol. The van der Waals surface area contributed by atoms with Crippen molar-refractivity contribution in [2.45, 2.75) is 25.3 Å². The second kappa shape index (κ2) is 8.09. The molecule has 11 heavy (non-hydrogen) atoms. The number of aliphatic carboxylic acids is 1. The first-order valence-electron chi connectivity index (χ1n) is 3.32. The van der Waals surface area contributed by atoms with Crippen LogP contribution in [-0.2, 0) is 4.79 Å². The Labute approximate surface area is 78.5 Å². The second-order valence-electron chi connectivity index (χ2n) is 2.18. The number of hydrogen-bond acceptors (Lipinski definition) is 2. The van der Waals surface area contributed by atoms with Crippen molar-refractivity contribution >= 4 is 5.97 Å². The quantitative estimate of drug-likeness (QED) is 0.341. The van der Waals surface area contributed by atoms with Crippen LogP contribution in [0.25, 0.3) is 5.73 Å². The van der Waals surface area contributed by atoms with Gasteiger partial charge in [0.1, 0.15) is 0 Å². The standard InChI is InChI=1S/C6H13N2O2.Li/c7-4-2-1-3-5(8)6(9)10;/h5,8H,1-4,7H2,(H,9,10);/q-1;+1/t5-;/m0./s1. The largest absolute Gasteiger partial charge is 1.00 e. The summed E-state index contributed by atoms with van der Waals surface area (Å²) in [6, 6.07) is -0.966. The Morgan fingerprint density at radius 2 is 2.09 bits per heavy atom. The summed E-state index contributed by atoms with van der Waals surface area (Å²) in [6.45, 7) is 0.576. The third-order valence-corrected chi connectivity index (χ3v) is 1.25. The van der Waals surface area contributed by atoms with Crippen molar-refractivity contribution in [1.82, 2.24) is 0 Å². The minimum Gasteiger partial charge on any atom is -0.665 e. The molecule has 0 saturated heterocycles. The van der Waals surface area contributed by atoms with E-state index >= 15 is 0 Å². The van der Waals surface area contributed by atoms with Crippen molar-refractivity contribution in [2.75, 3.05) is 6.54 Å². The Morgan fingerprint density at radius 3 is 2.45 bits per heavy atom. The number of carboxylic acid groups (broad SMARTS) is 1. The molecular weight excluding hydrogens is 139 g/mol. The molecule has 0 aliphatic carbocycles. The van der Waals surface area contributed by atoms with Gasteiger partial charge in [0.2, 0.25) is 0 Å². The van der Waals surface area contributed by atoms with Crippen LogP contribution >= 0.6 is 0 Å². The molecule has 0 aliphatic heterocycles. The monoisotopic (exact) mass is 152 g/mol. The van der Waals surface area contributed by atoms with E-state index in [0.29, 0.717) is 13.0 Å². The summed E-state index contributed by atoms with van der Waals surface area (Å²) >= 11 is 0. The van der Waals surface area contributed by atoms with Crippen molar-refractivity contribution in [3.8, 4) is 0 Å². The van der Waals surface area contributed by atoms with Gasteiger partial charge in [-0.1, -0.05) is 12.8 Å². The number of hydrogen-bond donors (Lipinski definition) is 2. The molecule has 0 radical (unpaired) electrons. The molecule has 1 atom stereocenters. The van der Waals surface area contributed by atoms with Crippen LogP contribution in [0.2, 0.25) is 0 Å². The molecule has 0 unspecified atom stereocenters. The zero-order valence-electron chi connectivity index (χ0n) is 6.84. The van der Waals surface area contributed by atoms with Crippen LogP contribution in [0.15, 0.2) is 0 Å². The summed E-state index contributed by atoms with van der Waals surface area (Å²) in [5, 5.41) is 8.26. The van der Waals surface area contributed by atoms with Gasteiger partial charge in [-0.25, -0.2) is 0 Å². The normalized spacial score (nSPS) is 11.8. The van der Waals surface area contributed by atoms with Gasteiger partial charge in [0.15, 0.2) is 0 Å². The first-order chi connectivity index (χ1) is 4.68. The third kappa shape index (κ3) is 7.89. The molecule has 4 nitrogen and oxygen atoms in total. The van der Waals surface area contributed by atoms with Crippen molar-refractivity contribution in [3.63, 3.8) is 0 Å². The average molecular weight is 152 g/mol. The molecule has 0 aromatic heterocycles. The Balaban J connectivity index is 0. The second-order valence-corrected chi connectivity index (χ2v) is 2.18. The number of carbonyl (C=O) groups is 1. The molecule has 0 saturated carbocycles. The molecule has 0 bridgehead atoms. The van der Waals surface area contributed by atoms with Gasteiger partial charge < -0.3 is 16.6 Å². The van der Waals surface area contributed by atoms with E-state index in [0.717, 1.165) is 12.8 Å². The summed E-state index contributed by atoms with van der Waals surface area (Å²) in [6.07, 6.45) is 1.95. The maximum Gasteiger partial charge on any atom is 1.00 e. The van der Waals surface area contributed by atoms with Crippen LogP contribution in [0.3, 0.4) is 0 Å². The molecule has 4 N–H and O–H groups in total. The van der Waals surface area contributed by atoms with Crippen molar-refractivity contribution in [2.24, 2.45) is 5.73 Å². The maximum atomic E-state index is 10.1. The minimum absolute atomic E-state index is 0. The topological polar surface area (TPSA) is 87.1 Å². The minimum atomic E-state index is -1.04. The Morgan fingerprint density at radius 1 is 1.55 bits per heavy atom. The molecular formula is C6H13LiN2O2. The molecule has 0 aromatic carbocycles. The molecule has 0 heterocycles. The molecule has 0 spiro atoms. The summed E-state index contributed by atoms with van der Waals surface area (Å²) in [5.41, 5.74) is 12.1. The van der Waals surface area contributed by atoms with E-state index in [9.17, 15) is 4.79 Å². The molecule has 5 heteroatoms. The molecule has 0 aliphatic rings. The Hall–Kier alpha value is -0.0126. The Kier molecular flexibility index (Phi) is 9.98. The fourth-order valence-corrected chi connectivity index (χ4v) is 0.616. The zero-order chi connectivity index (χ0) is 7.98. The number of nitrogens with two attached hydrogens (primary N) is 1. The number of unbranched alkanes of at least 4 members (excludes halogenated alkanes) is 1. The van der Waals surface area contributed by atoms with Crippen LogP contribution in [0.1, 0.15) is 19.3 Å². The summed E-state index contributed by atoms with van der Waals surface area (Å²) < 4.78 is 0. The van der Waals surface area contributed by atoms with E-state index in [1.54, 1.807) is 0 Å². The van der Waals surface area contributed by atoms with Gasteiger partial charge in [-0.2, -0.15) is 0 Å². The van der Waals surface area contributed by atoms with Crippen molar-refractivity contribution < 1.29 is 28.8 Å². The first-order valence-corrected chi connectivity index (χ1v) is 3.32. The van der Waals surface area contributed by atoms with Crippen molar-refractivity contribution in [1.29, 1.82) is 0 Å². The number of carboxylic acids is 1.